The Kier molecular flexibility index (Phi) is 6.71. The van der Waals surface area contributed by atoms with Crippen molar-refractivity contribution in [2.75, 3.05) is 31.5 Å². The number of aliphatic hydroxyl groups is 1. The first kappa shape index (κ1) is 24.1. The first-order valence-electron chi connectivity index (χ1n) is 12.3. The largest absolute Gasteiger partial charge is 0.392 e. The fourth-order valence-corrected chi connectivity index (χ4v) is 6.21. The predicted molar refractivity (Wildman–Crippen MR) is 133 cm³/mol. The molecule has 2 aromatic rings. The number of rotatable bonds is 6. The fraction of sp³-hybridized carbons (Fsp3) is 0.481. The average molecular weight is 497 g/mol. The molecule has 1 aliphatic heterocycles. The summed E-state index contributed by atoms with van der Waals surface area (Å²) in [5.74, 6) is -0.0358. The number of anilines is 1. The van der Waals surface area contributed by atoms with E-state index in [4.69, 9.17) is 11.6 Å². The average Bonchev–Trinajstić information content (AvgIpc) is 3.46. The van der Waals surface area contributed by atoms with Crippen molar-refractivity contribution >= 4 is 23.3 Å². The van der Waals surface area contributed by atoms with Gasteiger partial charge in [-0.05, 0) is 79.3 Å². The van der Waals surface area contributed by atoms with Crippen LogP contribution in [0.5, 0.6) is 0 Å². The van der Waals surface area contributed by atoms with Gasteiger partial charge in [-0.15, -0.1) is 0 Å². The second kappa shape index (κ2) is 9.77. The highest BCUT2D eigenvalue weighted by Gasteiger charge is 2.58. The summed E-state index contributed by atoms with van der Waals surface area (Å²) in [6.07, 6.45) is 4.32. The summed E-state index contributed by atoms with van der Waals surface area (Å²) < 4.78 is 13.6. The van der Waals surface area contributed by atoms with Crippen molar-refractivity contribution in [1.29, 1.82) is 5.26 Å². The van der Waals surface area contributed by atoms with Crippen LogP contribution >= 0.6 is 11.6 Å². The molecule has 5 rings (SSSR count). The van der Waals surface area contributed by atoms with Crippen molar-refractivity contribution in [2.24, 2.45) is 5.92 Å². The number of β-amino-alcohol motifs (C(OH)–C–C–N with tert-alkyl or cyclic N) is 1. The molecule has 1 saturated heterocycles. The number of carbonyl (C=O) groups is 1. The van der Waals surface area contributed by atoms with E-state index in [0.717, 1.165) is 38.6 Å². The van der Waals surface area contributed by atoms with E-state index in [1.807, 2.05) is 23.1 Å². The molecule has 0 aromatic heterocycles. The molecule has 2 aliphatic carbocycles. The maximum atomic E-state index is 13.6. The standard InChI is InChI=1S/C27H30ClFN4O2/c28-24-14-21(4-5-25(24)29)31-26(35)33(11-10-32-9-7-23(34)17-32)22-6-8-27(15-20(27)13-22)19-3-1-2-18(12-19)16-30/h1-5,12,14,20,22-23,34H,6-11,13,15,17H2,(H,31,35)/t20-,22-,23-,27+/m1/s1. The maximum Gasteiger partial charge on any atom is 0.322 e. The SMILES string of the molecule is N#Cc1cccc([C@@]23CC[C@@H](N(CCN4CC[C@@H](O)C4)C(=O)Nc4ccc(F)c(Cl)c4)C[C@@H]2C3)c1. The van der Waals surface area contributed by atoms with E-state index < -0.39 is 5.82 Å². The van der Waals surface area contributed by atoms with Gasteiger partial charge in [-0.25, -0.2) is 9.18 Å². The number of carbonyl (C=O) groups excluding carboxylic acids is 1. The first-order chi connectivity index (χ1) is 16.9. The Bertz CT molecular complexity index is 1150. The zero-order valence-corrected chi connectivity index (χ0v) is 20.3. The molecule has 0 unspecified atom stereocenters. The quantitative estimate of drug-likeness (QED) is 0.604. The summed E-state index contributed by atoms with van der Waals surface area (Å²) in [4.78, 5) is 17.5. The van der Waals surface area contributed by atoms with E-state index >= 15 is 0 Å². The summed E-state index contributed by atoms with van der Waals surface area (Å²) in [6.45, 7) is 2.72. The number of nitrogens with zero attached hydrogens (tertiary/aromatic N) is 3. The minimum atomic E-state index is -0.521. The van der Waals surface area contributed by atoms with Crippen molar-refractivity contribution in [3.05, 3.63) is 64.4 Å². The van der Waals surface area contributed by atoms with Crippen molar-refractivity contribution in [2.45, 2.75) is 49.7 Å². The Morgan fingerprint density at radius 1 is 1.31 bits per heavy atom. The number of halogens is 2. The van der Waals surface area contributed by atoms with Crippen LogP contribution in [0.15, 0.2) is 42.5 Å². The number of amides is 2. The van der Waals surface area contributed by atoms with Crippen LogP contribution in [-0.4, -0.2) is 59.3 Å². The zero-order valence-electron chi connectivity index (χ0n) is 19.6. The van der Waals surface area contributed by atoms with Crippen molar-refractivity contribution < 1.29 is 14.3 Å². The lowest BCUT2D eigenvalue weighted by Crippen LogP contribution is -2.48. The monoisotopic (exact) mass is 496 g/mol. The number of fused-ring (bicyclic) bond motifs is 1. The number of urea groups is 1. The van der Waals surface area contributed by atoms with Gasteiger partial charge in [-0.2, -0.15) is 5.26 Å². The molecule has 0 bridgehead atoms. The minimum Gasteiger partial charge on any atom is -0.392 e. The van der Waals surface area contributed by atoms with E-state index in [-0.39, 0.29) is 28.6 Å². The lowest BCUT2D eigenvalue weighted by molar-refractivity contribution is 0.142. The van der Waals surface area contributed by atoms with Crippen LogP contribution in [0.1, 0.15) is 43.2 Å². The van der Waals surface area contributed by atoms with E-state index in [1.165, 1.54) is 23.8 Å². The van der Waals surface area contributed by atoms with Crippen LogP contribution in [0, 0.1) is 23.1 Å². The van der Waals surface area contributed by atoms with Gasteiger partial charge >= 0.3 is 6.03 Å². The third kappa shape index (κ3) is 5.02. The minimum absolute atomic E-state index is 0.0274. The molecular formula is C27H30ClFN4O2. The van der Waals surface area contributed by atoms with Gasteiger partial charge < -0.3 is 15.3 Å². The van der Waals surface area contributed by atoms with Gasteiger partial charge in [0.05, 0.1) is 22.8 Å². The Labute approximate surface area is 210 Å². The zero-order chi connectivity index (χ0) is 24.6. The number of nitrogens with one attached hydrogen (secondary N) is 1. The molecule has 2 N–H and O–H groups in total. The molecule has 8 heteroatoms. The van der Waals surface area contributed by atoms with Crippen LogP contribution in [0.2, 0.25) is 5.02 Å². The second-order valence-electron chi connectivity index (χ2n) is 10.2. The number of hydrogen-bond donors (Lipinski definition) is 2. The summed E-state index contributed by atoms with van der Waals surface area (Å²) in [5, 5.41) is 22.1. The third-order valence-electron chi connectivity index (χ3n) is 8.06. The molecule has 35 heavy (non-hydrogen) atoms. The molecular weight excluding hydrogens is 467 g/mol. The second-order valence-corrected chi connectivity index (χ2v) is 10.6. The van der Waals surface area contributed by atoms with E-state index in [0.29, 0.717) is 36.8 Å². The summed E-state index contributed by atoms with van der Waals surface area (Å²) >= 11 is 5.92. The Morgan fingerprint density at radius 3 is 2.89 bits per heavy atom. The molecule has 4 atom stereocenters. The lowest BCUT2D eigenvalue weighted by atomic mass is 9.80. The van der Waals surface area contributed by atoms with Gasteiger partial charge in [0.2, 0.25) is 0 Å². The van der Waals surface area contributed by atoms with Crippen LogP contribution in [0.4, 0.5) is 14.9 Å². The summed E-state index contributed by atoms with van der Waals surface area (Å²) in [6, 6.07) is 14.3. The molecule has 3 aliphatic rings. The molecule has 0 radical (unpaired) electrons. The van der Waals surface area contributed by atoms with E-state index in [1.54, 1.807) is 0 Å². The molecule has 2 saturated carbocycles. The molecule has 0 spiro atoms. The Hall–Kier alpha value is -2.66. The number of hydrogen-bond acceptors (Lipinski definition) is 4. The number of likely N-dealkylation sites (tertiary alicyclic amines) is 1. The highest BCUT2D eigenvalue weighted by molar-refractivity contribution is 6.31. The van der Waals surface area contributed by atoms with Gasteiger partial charge in [-0.3, -0.25) is 4.90 Å². The van der Waals surface area contributed by atoms with Gasteiger partial charge in [0.25, 0.3) is 0 Å². The fourth-order valence-electron chi connectivity index (χ4n) is 6.03. The highest BCUT2D eigenvalue weighted by atomic mass is 35.5. The van der Waals surface area contributed by atoms with Gasteiger partial charge in [-0.1, -0.05) is 23.7 Å². The van der Waals surface area contributed by atoms with E-state index in [2.05, 4.69) is 22.4 Å². The summed E-state index contributed by atoms with van der Waals surface area (Å²) in [5.41, 5.74) is 2.52. The van der Waals surface area contributed by atoms with Gasteiger partial charge in [0.15, 0.2) is 0 Å². The summed E-state index contributed by atoms with van der Waals surface area (Å²) in [7, 11) is 0. The molecule has 2 amide bonds. The highest BCUT2D eigenvalue weighted by Crippen LogP contribution is 2.62. The smallest absolute Gasteiger partial charge is 0.322 e. The molecule has 2 aromatic carbocycles. The van der Waals surface area contributed by atoms with Crippen LogP contribution in [-0.2, 0) is 5.41 Å². The first-order valence-corrected chi connectivity index (χ1v) is 12.7. The Morgan fingerprint density at radius 2 is 2.17 bits per heavy atom. The van der Waals surface area contributed by atoms with Crippen LogP contribution in [0.25, 0.3) is 0 Å². The van der Waals surface area contributed by atoms with Crippen molar-refractivity contribution in [3.8, 4) is 6.07 Å². The topological polar surface area (TPSA) is 79.6 Å². The number of aliphatic hydroxyl groups excluding tert-OH is 1. The van der Waals surface area contributed by atoms with Crippen LogP contribution in [0.3, 0.4) is 0 Å². The van der Waals surface area contributed by atoms with Crippen molar-refractivity contribution in [3.63, 3.8) is 0 Å². The van der Waals surface area contributed by atoms with Gasteiger partial charge in [0, 0.05) is 37.9 Å². The predicted octanol–water partition coefficient (Wildman–Crippen LogP) is 4.76. The third-order valence-corrected chi connectivity index (χ3v) is 8.35. The van der Waals surface area contributed by atoms with E-state index in [9.17, 15) is 19.6 Å². The normalized spacial score (nSPS) is 27.7. The van der Waals surface area contributed by atoms with Crippen LogP contribution < -0.4 is 5.32 Å². The van der Waals surface area contributed by atoms with Gasteiger partial charge in [0.1, 0.15) is 5.82 Å². The Balaban J connectivity index is 1.29. The molecule has 184 valence electrons. The van der Waals surface area contributed by atoms with Crippen molar-refractivity contribution in [1.82, 2.24) is 9.80 Å². The molecule has 6 nitrogen and oxygen atoms in total. The number of nitriles is 1. The molecule has 3 fully saturated rings. The molecule has 1 heterocycles. The maximum absolute atomic E-state index is 13.6. The number of benzene rings is 2. The lowest BCUT2D eigenvalue weighted by Gasteiger charge is -2.37.